The minimum Gasteiger partial charge on any atom is -0.352 e. The summed E-state index contributed by atoms with van der Waals surface area (Å²) in [4.78, 5) is 29.7. The first kappa shape index (κ1) is 19.1. The number of halogens is 1. The fraction of sp³-hybridized carbons (Fsp3) is 0.211. The number of hydrogen-bond donors (Lipinski definition) is 2. The molecule has 6 nitrogen and oxygen atoms in total. The normalized spacial score (nSPS) is 11.4. The highest BCUT2D eigenvalue weighted by atomic mass is 35.5. The Hall–Kier alpha value is -2.64. The van der Waals surface area contributed by atoms with Crippen LogP contribution in [0.5, 0.6) is 0 Å². The van der Waals surface area contributed by atoms with E-state index < -0.39 is 0 Å². The lowest BCUT2D eigenvalue weighted by Gasteiger charge is -2.11. The van der Waals surface area contributed by atoms with Crippen molar-refractivity contribution in [1.29, 1.82) is 0 Å². The second-order valence-corrected chi connectivity index (χ2v) is 7.55. The maximum Gasteiger partial charge on any atom is 0.253 e. The van der Waals surface area contributed by atoms with Crippen molar-refractivity contribution in [3.8, 4) is 0 Å². The van der Waals surface area contributed by atoms with Crippen LogP contribution in [0.1, 0.15) is 29.9 Å². The molecule has 3 rings (SSSR count). The third-order valence-corrected chi connectivity index (χ3v) is 4.78. The van der Waals surface area contributed by atoms with E-state index in [1.807, 2.05) is 29.8 Å². The third kappa shape index (κ3) is 4.56. The first-order valence-electron chi connectivity index (χ1n) is 8.43. The van der Waals surface area contributed by atoms with E-state index in [0.29, 0.717) is 34.6 Å². The molecule has 27 heavy (non-hydrogen) atoms. The van der Waals surface area contributed by atoms with Crippen molar-refractivity contribution >= 4 is 51.5 Å². The molecule has 2 aromatic heterocycles. The lowest BCUT2D eigenvalue weighted by atomic mass is 10.1. The van der Waals surface area contributed by atoms with Crippen LogP contribution in [-0.2, 0) is 4.79 Å². The van der Waals surface area contributed by atoms with Gasteiger partial charge in [0.2, 0.25) is 5.91 Å². The van der Waals surface area contributed by atoms with Gasteiger partial charge in [0.15, 0.2) is 10.1 Å². The smallest absolute Gasteiger partial charge is 0.253 e. The van der Waals surface area contributed by atoms with Crippen LogP contribution < -0.4 is 10.6 Å². The van der Waals surface area contributed by atoms with Crippen molar-refractivity contribution in [2.24, 2.45) is 5.92 Å². The number of amides is 2. The third-order valence-electron chi connectivity index (χ3n) is 3.75. The summed E-state index contributed by atoms with van der Waals surface area (Å²) in [6, 6.07) is 6.90. The van der Waals surface area contributed by atoms with Gasteiger partial charge >= 0.3 is 0 Å². The first-order valence-corrected chi connectivity index (χ1v) is 9.69. The molecule has 3 aromatic rings. The molecular weight excluding hydrogens is 384 g/mol. The van der Waals surface area contributed by atoms with Gasteiger partial charge in [-0.15, -0.1) is 11.3 Å². The molecule has 0 unspecified atom stereocenters. The number of nitrogens with one attached hydrogen (secondary N) is 2. The minimum absolute atomic E-state index is 0.220. The number of para-hydroxylation sites is 1. The fourth-order valence-corrected chi connectivity index (χ4v) is 3.44. The molecule has 2 heterocycles. The Labute approximate surface area is 165 Å². The van der Waals surface area contributed by atoms with E-state index in [1.165, 1.54) is 17.4 Å². The average molecular weight is 403 g/mol. The highest BCUT2D eigenvalue weighted by molar-refractivity contribution is 7.15. The quantitative estimate of drug-likeness (QED) is 0.610. The molecule has 1 aromatic carbocycles. The zero-order chi connectivity index (χ0) is 19.4. The lowest BCUT2D eigenvalue weighted by molar-refractivity contribution is -0.111. The van der Waals surface area contributed by atoms with E-state index in [-0.39, 0.29) is 11.8 Å². The molecule has 140 valence electrons. The van der Waals surface area contributed by atoms with Gasteiger partial charge < -0.3 is 10.6 Å². The summed E-state index contributed by atoms with van der Waals surface area (Å²) in [7, 11) is 0. The zero-order valence-electron chi connectivity index (χ0n) is 14.9. The van der Waals surface area contributed by atoms with Gasteiger partial charge in [0.1, 0.15) is 0 Å². The molecule has 0 bridgehead atoms. The number of carbonyl (C=O) groups excluding carboxylic acids is 2. The minimum atomic E-state index is -0.361. The van der Waals surface area contributed by atoms with Crippen LogP contribution in [0.15, 0.2) is 41.9 Å². The fourth-order valence-electron chi connectivity index (χ4n) is 2.44. The number of thiazole rings is 1. The number of hydrogen-bond acceptors (Lipinski definition) is 4. The SMILES string of the molecule is CC(C)CNC(=O)c1ccccc1NC(=O)/C=C/c1c(Cl)nc2sccn12. The number of benzene rings is 1. The lowest BCUT2D eigenvalue weighted by Crippen LogP contribution is -2.28. The van der Waals surface area contributed by atoms with Gasteiger partial charge in [-0.25, -0.2) is 4.98 Å². The van der Waals surface area contributed by atoms with Crippen LogP contribution in [0.25, 0.3) is 11.0 Å². The molecule has 2 N–H and O–H groups in total. The van der Waals surface area contributed by atoms with Crippen molar-refractivity contribution in [1.82, 2.24) is 14.7 Å². The van der Waals surface area contributed by atoms with Gasteiger partial charge in [-0.2, -0.15) is 0 Å². The molecule has 0 aliphatic heterocycles. The summed E-state index contributed by atoms with van der Waals surface area (Å²) >= 11 is 7.58. The molecule has 0 radical (unpaired) electrons. The van der Waals surface area contributed by atoms with Crippen molar-refractivity contribution in [2.45, 2.75) is 13.8 Å². The van der Waals surface area contributed by atoms with E-state index in [2.05, 4.69) is 15.6 Å². The monoisotopic (exact) mass is 402 g/mol. The maximum absolute atomic E-state index is 12.3. The largest absolute Gasteiger partial charge is 0.352 e. The number of rotatable bonds is 6. The number of anilines is 1. The van der Waals surface area contributed by atoms with Crippen LogP contribution in [-0.4, -0.2) is 27.7 Å². The molecule has 0 saturated heterocycles. The number of carbonyl (C=O) groups is 2. The van der Waals surface area contributed by atoms with Gasteiger partial charge in [-0.1, -0.05) is 37.6 Å². The number of nitrogens with zero attached hydrogens (tertiary/aromatic N) is 2. The van der Waals surface area contributed by atoms with Crippen molar-refractivity contribution < 1.29 is 9.59 Å². The molecule has 0 spiro atoms. The Bertz CT molecular complexity index is 1010. The summed E-state index contributed by atoms with van der Waals surface area (Å²) in [6.45, 7) is 4.60. The summed E-state index contributed by atoms with van der Waals surface area (Å²) < 4.78 is 1.81. The Balaban J connectivity index is 1.74. The molecule has 2 amide bonds. The Morgan fingerprint density at radius 1 is 1.33 bits per heavy atom. The van der Waals surface area contributed by atoms with Crippen molar-refractivity contribution in [2.75, 3.05) is 11.9 Å². The summed E-state index contributed by atoms with van der Waals surface area (Å²) in [5.74, 6) is -0.240. The van der Waals surface area contributed by atoms with E-state index in [9.17, 15) is 9.59 Å². The summed E-state index contributed by atoms with van der Waals surface area (Å²) in [5, 5.41) is 7.82. The van der Waals surface area contributed by atoms with Crippen LogP contribution in [0.3, 0.4) is 0 Å². The molecule has 8 heteroatoms. The van der Waals surface area contributed by atoms with Gasteiger partial charge in [-0.3, -0.25) is 14.0 Å². The Morgan fingerprint density at radius 3 is 2.89 bits per heavy atom. The van der Waals surface area contributed by atoms with Gasteiger partial charge in [0.05, 0.1) is 16.9 Å². The molecule has 0 atom stereocenters. The van der Waals surface area contributed by atoms with Crippen molar-refractivity contribution in [3.63, 3.8) is 0 Å². The number of imidazole rings is 1. The zero-order valence-corrected chi connectivity index (χ0v) is 16.5. The van der Waals surface area contributed by atoms with E-state index in [4.69, 9.17) is 11.6 Å². The van der Waals surface area contributed by atoms with E-state index in [1.54, 1.807) is 30.3 Å². The van der Waals surface area contributed by atoms with Crippen LogP contribution >= 0.6 is 22.9 Å². The average Bonchev–Trinajstić information content (AvgIpc) is 3.19. The Kier molecular flexibility index (Phi) is 5.93. The van der Waals surface area contributed by atoms with Crippen LogP contribution in [0.2, 0.25) is 5.15 Å². The topological polar surface area (TPSA) is 75.5 Å². The number of aromatic nitrogens is 2. The highest BCUT2D eigenvalue weighted by Crippen LogP contribution is 2.22. The summed E-state index contributed by atoms with van der Waals surface area (Å²) in [6.07, 6.45) is 4.81. The second kappa shape index (κ2) is 8.37. The molecule has 0 fully saturated rings. The molecular formula is C19H19ClN4O2S. The molecule has 0 aliphatic rings. The van der Waals surface area contributed by atoms with E-state index >= 15 is 0 Å². The first-order chi connectivity index (χ1) is 13.0. The highest BCUT2D eigenvalue weighted by Gasteiger charge is 2.13. The van der Waals surface area contributed by atoms with Crippen LogP contribution in [0, 0.1) is 5.92 Å². The predicted molar refractivity (Wildman–Crippen MR) is 109 cm³/mol. The second-order valence-electron chi connectivity index (χ2n) is 6.32. The van der Waals surface area contributed by atoms with Crippen molar-refractivity contribution in [3.05, 3.63) is 58.3 Å². The van der Waals surface area contributed by atoms with Gasteiger partial charge in [0, 0.05) is 24.2 Å². The Morgan fingerprint density at radius 2 is 2.11 bits per heavy atom. The number of fused-ring (bicyclic) bond motifs is 1. The van der Waals surface area contributed by atoms with Crippen LogP contribution in [0.4, 0.5) is 5.69 Å². The summed E-state index contributed by atoms with van der Waals surface area (Å²) in [5.41, 5.74) is 1.50. The van der Waals surface area contributed by atoms with Gasteiger partial charge in [-0.05, 0) is 24.1 Å². The standard InChI is InChI=1S/C19H19ClN4O2S/c1-12(2)11-21-18(26)13-5-3-4-6-14(13)22-16(25)8-7-15-17(20)23-19-24(15)9-10-27-19/h3-10,12H,11H2,1-2H3,(H,21,26)(H,22,25)/b8-7+. The van der Waals surface area contributed by atoms with Gasteiger partial charge in [0.25, 0.3) is 5.91 Å². The molecule has 0 aliphatic carbocycles. The maximum atomic E-state index is 12.3. The predicted octanol–water partition coefficient (Wildman–Crippen LogP) is 4.09. The van der Waals surface area contributed by atoms with E-state index in [0.717, 1.165) is 4.96 Å². The molecule has 0 saturated carbocycles.